The number of allylic oxidation sites excluding steroid dienone is 1. The van der Waals surface area contributed by atoms with Crippen molar-refractivity contribution < 1.29 is 0 Å². The molecule has 0 amide bonds. The molecule has 0 aliphatic rings. The summed E-state index contributed by atoms with van der Waals surface area (Å²) in [5.74, 6) is 0.722. The molecular weight excluding hydrogens is 96.1 g/mol. The molecule has 0 aromatic heterocycles. The SMILES string of the molecule is C=C(C)[C@H](C)CCC. The van der Waals surface area contributed by atoms with Crippen LogP contribution in [-0.4, -0.2) is 0 Å². The third-order valence-electron chi connectivity index (χ3n) is 1.56. The molecule has 48 valence electrons. The molecule has 0 aliphatic carbocycles. The van der Waals surface area contributed by atoms with Crippen LogP contribution in [-0.2, 0) is 0 Å². The molecule has 0 aromatic carbocycles. The number of rotatable bonds is 3. The van der Waals surface area contributed by atoms with E-state index in [9.17, 15) is 0 Å². The molecule has 0 heteroatoms. The lowest BCUT2D eigenvalue weighted by atomic mass is 10.00. The summed E-state index contributed by atoms with van der Waals surface area (Å²) in [5.41, 5.74) is 1.31. The van der Waals surface area contributed by atoms with E-state index in [0.29, 0.717) is 0 Å². The van der Waals surface area contributed by atoms with Gasteiger partial charge < -0.3 is 0 Å². The zero-order chi connectivity index (χ0) is 6.57. The molecular formula is C8H16. The highest BCUT2D eigenvalue weighted by Gasteiger charge is 1.97. The van der Waals surface area contributed by atoms with E-state index >= 15 is 0 Å². The molecule has 0 N–H and O–H groups in total. The number of hydrogen-bond acceptors (Lipinski definition) is 0. The number of hydrogen-bond donors (Lipinski definition) is 0. The van der Waals surface area contributed by atoms with Gasteiger partial charge in [0.2, 0.25) is 0 Å². The quantitative estimate of drug-likeness (QED) is 0.492. The first kappa shape index (κ1) is 7.74. The van der Waals surface area contributed by atoms with Crippen LogP contribution in [0.1, 0.15) is 33.6 Å². The molecule has 0 rings (SSSR count). The highest BCUT2D eigenvalue weighted by atomic mass is 14.0. The summed E-state index contributed by atoms with van der Waals surface area (Å²) in [6.07, 6.45) is 2.56. The molecule has 0 aliphatic heterocycles. The summed E-state index contributed by atoms with van der Waals surface area (Å²) in [7, 11) is 0. The van der Waals surface area contributed by atoms with Crippen molar-refractivity contribution in [3.63, 3.8) is 0 Å². The third-order valence-corrected chi connectivity index (χ3v) is 1.56. The standard InChI is InChI=1S/C8H16/c1-5-6-8(4)7(2)3/h8H,2,5-6H2,1,3-4H3/t8-/m1/s1. The summed E-state index contributed by atoms with van der Waals surface area (Å²) in [6.45, 7) is 10.4. The molecule has 1 atom stereocenters. The van der Waals surface area contributed by atoms with Crippen LogP contribution in [0.4, 0.5) is 0 Å². The van der Waals surface area contributed by atoms with E-state index in [2.05, 4.69) is 27.4 Å². The van der Waals surface area contributed by atoms with Crippen LogP contribution in [0.5, 0.6) is 0 Å². The van der Waals surface area contributed by atoms with Crippen LogP contribution < -0.4 is 0 Å². The molecule has 0 saturated carbocycles. The van der Waals surface area contributed by atoms with Crippen molar-refractivity contribution >= 4 is 0 Å². The van der Waals surface area contributed by atoms with Crippen molar-refractivity contribution in [1.29, 1.82) is 0 Å². The fourth-order valence-corrected chi connectivity index (χ4v) is 0.679. The van der Waals surface area contributed by atoms with Gasteiger partial charge in [-0.3, -0.25) is 0 Å². The van der Waals surface area contributed by atoms with E-state index in [1.54, 1.807) is 0 Å². The van der Waals surface area contributed by atoms with E-state index in [4.69, 9.17) is 0 Å². The van der Waals surface area contributed by atoms with Gasteiger partial charge in [0.05, 0.1) is 0 Å². The van der Waals surface area contributed by atoms with Crippen molar-refractivity contribution in [3.05, 3.63) is 12.2 Å². The molecule has 0 unspecified atom stereocenters. The monoisotopic (exact) mass is 112 g/mol. The summed E-state index contributed by atoms with van der Waals surface area (Å²) in [5, 5.41) is 0. The molecule has 0 saturated heterocycles. The summed E-state index contributed by atoms with van der Waals surface area (Å²) >= 11 is 0. The predicted octanol–water partition coefficient (Wildman–Crippen LogP) is 3.00. The maximum absolute atomic E-state index is 3.87. The summed E-state index contributed by atoms with van der Waals surface area (Å²) < 4.78 is 0. The Morgan fingerprint density at radius 2 is 2.12 bits per heavy atom. The van der Waals surface area contributed by atoms with E-state index < -0.39 is 0 Å². The highest BCUT2D eigenvalue weighted by Crippen LogP contribution is 2.12. The lowest BCUT2D eigenvalue weighted by molar-refractivity contribution is 0.603. The van der Waals surface area contributed by atoms with Crippen LogP contribution in [0.3, 0.4) is 0 Å². The van der Waals surface area contributed by atoms with Crippen LogP contribution in [0, 0.1) is 5.92 Å². The average molecular weight is 112 g/mol. The Hall–Kier alpha value is -0.260. The van der Waals surface area contributed by atoms with Gasteiger partial charge in [-0.25, -0.2) is 0 Å². The lowest BCUT2D eigenvalue weighted by Gasteiger charge is -2.06. The smallest absolute Gasteiger partial charge is 0.0237 e. The topological polar surface area (TPSA) is 0 Å². The first-order valence-corrected chi connectivity index (χ1v) is 3.33. The zero-order valence-electron chi connectivity index (χ0n) is 6.20. The van der Waals surface area contributed by atoms with Gasteiger partial charge >= 0.3 is 0 Å². The average Bonchev–Trinajstić information content (AvgIpc) is 1.67. The van der Waals surface area contributed by atoms with Gasteiger partial charge in [0, 0.05) is 0 Å². The van der Waals surface area contributed by atoms with Gasteiger partial charge in [-0.05, 0) is 19.3 Å². The van der Waals surface area contributed by atoms with Crippen LogP contribution in [0.25, 0.3) is 0 Å². The molecule has 0 heterocycles. The zero-order valence-corrected chi connectivity index (χ0v) is 6.20. The second-order valence-electron chi connectivity index (χ2n) is 2.54. The Bertz CT molecular complexity index is 72.1. The van der Waals surface area contributed by atoms with Crippen molar-refractivity contribution in [2.75, 3.05) is 0 Å². The molecule has 0 spiro atoms. The molecule has 0 fully saturated rings. The van der Waals surface area contributed by atoms with Crippen LogP contribution >= 0.6 is 0 Å². The summed E-state index contributed by atoms with van der Waals surface area (Å²) in [6, 6.07) is 0. The third kappa shape index (κ3) is 2.84. The molecule has 0 radical (unpaired) electrons. The normalized spacial score (nSPS) is 13.4. The van der Waals surface area contributed by atoms with Crippen molar-refractivity contribution in [1.82, 2.24) is 0 Å². The summed E-state index contributed by atoms with van der Waals surface area (Å²) in [4.78, 5) is 0. The van der Waals surface area contributed by atoms with Crippen molar-refractivity contribution in [2.45, 2.75) is 33.6 Å². The molecule has 0 bridgehead atoms. The van der Waals surface area contributed by atoms with Crippen LogP contribution in [0.15, 0.2) is 12.2 Å². The minimum Gasteiger partial charge on any atom is -0.0999 e. The Kier molecular flexibility index (Phi) is 3.59. The van der Waals surface area contributed by atoms with Gasteiger partial charge in [0.15, 0.2) is 0 Å². The van der Waals surface area contributed by atoms with Crippen molar-refractivity contribution in [3.8, 4) is 0 Å². The van der Waals surface area contributed by atoms with Crippen molar-refractivity contribution in [2.24, 2.45) is 5.92 Å². The van der Waals surface area contributed by atoms with Gasteiger partial charge in [0.25, 0.3) is 0 Å². The van der Waals surface area contributed by atoms with Gasteiger partial charge in [0.1, 0.15) is 0 Å². The fraction of sp³-hybridized carbons (Fsp3) is 0.750. The van der Waals surface area contributed by atoms with E-state index in [1.165, 1.54) is 18.4 Å². The molecule has 8 heavy (non-hydrogen) atoms. The Labute approximate surface area is 52.6 Å². The highest BCUT2D eigenvalue weighted by molar-refractivity contribution is 4.93. The van der Waals surface area contributed by atoms with Crippen LogP contribution in [0.2, 0.25) is 0 Å². The second kappa shape index (κ2) is 3.71. The second-order valence-corrected chi connectivity index (χ2v) is 2.54. The first-order chi connectivity index (χ1) is 3.68. The molecule has 0 aromatic rings. The van der Waals surface area contributed by atoms with E-state index in [0.717, 1.165) is 5.92 Å². The minimum absolute atomic E-state index is 0.722. The van der Waals surface area contributed by atoms with Gasteiger partial charge in [-0.2, -0.15) is 0 Å². The Balaban J connectivity index is 3.32. The minimum atomic E-state index is 0.722. The lowest BCUT2D eigenvalue weighted by Crippen LogP contribution is -1.92. The predicted molar refractivity (Wildman–Crippen MR) is 38.9 cm³/mol. The largest absolute Gasteiger partial charge is 0.0999 e. The Morgan fingerprint density at radius 1 is 1.62 bits per heavy atom. The van der Waals surface area contributed by atoms with Gasteiger partial charge in [-0.15, -0.1) is 0 Å². The Morgan fingerprint density at radius 3 is 2.25 bits per heavy atom. The maximum Gasteiger partial charge on any atom is -0.0237 e. The fourth-order valence-electron chi connectivity index (χ4n) is 0.679. The maximum atomic E-state index is 3.87. The van der Waals surface area contributed by atoms with E-state index in [1.807, 2.05) is 0 Å². The molecule has 0 nitrogen and oxygen atoms in total. The van der Waals surface area contributed by atoms with Gasteiger partial charge in [-0.1, -0.05) is 32.4 Å². The first-order valence-electron chi connectivity index (χ1n) is 3.33. The van der Waals surface area contributed by atoms with E-state index in [-0.39, 0.29) is 0 Å².